The van der Waals surface area contributed by atoms with E-state index in [9.17, 15) is 18.0 Å². The Morgan fingerprint density at radius 3 is 2.38 bits per heavy atom. The van der Waals surface area contributed by atoms with Crippen LogP contribution in [0.1, 0.15) is 21.5 Å². The van der Waals surface area contributed by atoms with E-state index in [2.05, 4.69) is 20.4 Å². The van der Waals surface area contributed by atoms with Gasteiger partial charge in [-0.25, -0.2) is 4.68 Å². The van der Waals surface area contributed by atoms with Gasteiger partial charge in [0.1, 0.15) is 24.2 Å². The molecule has 3 rings (SSSR count). The van der Waals surface area contributed by atoms with Gasteiger partial charge in [0, 0.05) is 11.1 Å². The summed E-state index contributed by atoms with van der Waals surface area (Å²) >= 11 is 0. The summed E-state index contributed by atoms with van der Waals surface area (Å²) in [7, 11) is 1.49. The first-order chi connectivity index (χ1) is 13.8. The summed E-state index contributed by atoms with van der Waals surface area (Å²) < 4.78 is 47.1. The Balaban J connectivity index is 1.77. The fourth-order valence-electron chi connectivity index (χ4n) is 2.41. The molecule has 10 heteroatoms. The Kier molecular flexibility index (Phi) is 5.82. The number of hydrogen-bond acceptors (Lipinski definition) is 5. The van der Waals surface area contributed by atoms with Crippen molar-refractivity contribution in [3.63, 3.8) is 0 Å². The number of benzene rings is 2. The molecule has 0 aliphatic carbocycles. The molecular formula is C19H15F3N4O3. The molecule has 0 spiro atoms. The lowest BCUT2D eigenvalue weighted by atomic mass is 10.1. The third kappa shape index (κ3) is 5.58. The molecule has 0 saturated carbocycles. The second-order valence-electron chi connectivity index (χ2n) is 5.72. The van der Waals surface area contributed by atoms with Gasteiger partial charge >= 0.3 is 6.36 Å². The summed E-state index contributed by atoms with van der Waals surface area (Å²) in [6.07, 6.45) is 1.31. The topological polar surface area (TPSA) is 78.3 Å². The predicted molar refractivity (Wildman–Crippen MR) is 98.8 cm³/mol. The average Bonchev–Trinajstić information content (AvgIpc) is 3.19. The summed E-state index contributed by atoms with van der Waals surface area (Å²) in [4.78, 5) is 12.3. The number of carbonyl (C=O) groups excluding carboxylic acids is 1. The number of alkyl halides is 3. The van der Waals surface area contributed by atoms with Gasteiger partial charge < -0.3 is 9.47 Å². The molecule has 29 heavy (non-hydrogen) atoms. The number of amides is 1. The van der Waals surface area contributed by atoms with Crippen LogP contribution in [-0.2, 0) is 0 Å². The van der Waals surface area contributed by atoms with Crippen molar-refractivity contribution in [2.45, 2.75) is 6.36 Å². The zero-order valence-electron chi connectivity index (χ0n) is 15.1. The van der Waals surface area contributed by atoms with Crippen molar-refractivity contribution in [3.8, 4) is 11.5 Å². The van der Waals surface area contributed by atoms with Crippen molar-refractivity contribution in [1.82, 2.24) is 14.9 Å². The highest BCUT2D eigenvalue weighted by molar-refractivity contribution is 6.00. The van der Waals surface area contributed by atoms with E-state index < -0.39 is 6.36 Å². The normalized spacial score (nSPS) is 11.4. The third-order valence-electron chi connectivity index (χ3n) is 3.71. The van der Waals surface area contributed by atoms with Crippen LogP contribution in [0.4, 0.5) is 13.2 Å². The van der Waals surface area contributed by atoms with Gasteiger partial charge in [-0.15, -0.1) is 23.4 Å². The lowest BCUT2D eigenvalue weighted by molar-refractivity contribution is -0.274. The molecule has 1 heterocycles. The lowest BCUT2D eigenvalue weighted by Crippen LogP contribution is -2.21. The Labute approximate surface area is 163 Å². The second-order valence-corrected chi connectivity index (χ2v) is 5.72. The highest BCUT2D eigenvalue weighted by Crippen LogP contribution is 2.25. The molecule has 0 fully saturated rings. The summed E-state index contributed by atoms with van der Waals surface area (Å²) in [6.45, 7) is 0. The average molecular weight is 404 g/mol. The fourth-order valence-corrected chi connectivity index (χ4v) is 2.41. The molecule has 1 aromatic heterocycles. The van der Waals surface area contributed by atoms with Crippen molar-refractivity contribution in [1.29, 1.82) is 0 Å². The number of halogens is 3. The molecule has 0 atom stereocenters. The van der Waals surface area contributed by atoms with Gasteiger partial charge in [0.15, 0.2) is 0 Å². The molecule has 0 radical (unpaired) electrons. The zero-order valence-corrected chi connectivity index (χ0v) is 15.1. The second kappa shape index (κ2) is 8.46. The maximum absolute atomic E-state index is 12.3. The largest absolute Gasteiger partial charge is 0.573 e. The molecule has 1 N–H and O–H groups in total. The number of nitrogens with one attached hydrogen (secondary N) is 1. The molecular weight excluding hydrogens is 389 g/mol. The van der Waals surface area contributed by atoms with Gasteiger partial charge in [0.25, 0.3) is 5.91 Å². The maximum Gasteiger partial charge on any atom is 0.573 e. The van der Waals surface area contributed by atoms with Crippen molar-refractivity contribution < 1.29 is 27.4 Å². The van der Waals surface area contributed by atoms with Crippen molar-refractivity contribution in [3.05, 3.63) is 71.8 Å². The van der Waals surface area contributed by atoms with Crippen LogP contribution in [0.3, 0.4) is 0 Å². The SMILES string of the molecule is COc1ccc(C(=O)Nn2cnnc2)cc1/C=C/c1ccc(OC(F)(F)F)cc1. The molecule has 150 valence electrons. The first-order valence-electron chi connectivity index (χ1n) is 8.22. The van der Waals surface area contributed by atoms with Crippen molar-refractivity contribution in [2.24, 2.45) is 0 Å². The molecule has 0 aliphatic heterocycles. The van der Waals surface area contributed by atoms with Crippen LogP contribution in [0.25, 0.3) is 12.2 Å². The van der Waals surface area contributed by atoms with E-state index in [1.807, 2.05) is 0 Å². The lowest BCUT2D eigenvalue weighted by Gasteiger charge is -2.09. The van der Waals surface area contributed by atoms with E-state index in [0.717, 1.165) is 0 Å². The molecule has 0 unspecified atom stereocenters. The summed E-state index contributed by atoms with van der Waals surface area (Å²) in [5.41, 5.74) is 4.20. The van der Waals surface area contributed by atoms with E-state index in [4.69, 9.17) is 4.74 Å². The predicted octanol–water partition coefficient (Wildman–Crippen LogP) is 3.74. The first kappa shape index (κ1) is 19.9. The van der Waals surface area contributed by atoms with Gasteiger partial charge in [-0.1, -0.05) is 24.3 Å². The van der Waals surface area contributed by atoms with Crippen LogP contribution in [0, 0.1) is 0 Å². The number of rotatable bonds is 6. The summed E-state index contributed by atoms with van der Waals surface area (Å²) in [6, 6.07) is 10.2. The van der Waals surface area contributed by atoms with Gasteiger partial charge in [-0.05, 0) is 35.9 Å². The fraction of sp³-hybridized carbons (Fsp3) is 0.105. The number of aromatic nitrogens is 3. The summed E-state index contributed by atoms with van der Waals surface area (Å²) in [5.74, 6) is -0.158. The summed E-state index contributed by atoms with van der Waals surface area (Å²) in [5, 5.41) is 7.20. The molecule has 0 aliphatic rings. The standard InChI is InChI=1S/C19H15F3N4O3/c1-28-17-9-6-15(18(27)25-26-11-23-24-12-26)10-14(17)5-2-13-3-7-16(8-4-13)29-19(20,21)22/h2-12H,1H3,(H,25,27)/b5-2+. The van der Waals surface area contributed by atoms with E-state index >= 15 is 0 Å². The monoisotopic (exact) mass is 404 g/mol. The van der Waals surface area contributed by atoms with Crippen LogP contribution in [0.15, 0.2) is 55.1 Å². The highest BCUT2D eigenvalue weighted by Gasteiger charge is 2.30. The van der Waals surface area contributed by atoms with Crippen molar-refractivity contribution in [2.75, 3.05) is 12.5 Å². The van der Waals surface area contributed by atoms with Gasteiger partial charge in [0.05, 0.1) is 7.11 Å². The van der Waals surface area contributed by atoms with Gasteiger partial charge in [-0.2, -0.15) is 0 Å². The quantitative estimate of drug-likeness (QED) is 0.634. The highest BCUT2D eigenvalue weighted by atomic mass is 19.4. The molecule has 0 saturated heterocycles. The van der Waals surface area contributed by atoms with Crippen LogP contribution in [-0.4, -0.2) is 34.3 Å². The minimum atomic E-state index is -4.74. The Morgan fingerprint density at radius 2 is 1.76 bits per heavy atom. The van der Waals surface area contributed by atoms with Crippen LogP contribution in [0.2, 0.25) is 0 Å². The molecule has 3 aromatic rings. The number of nitrogens with zero attached hydrogens (tertiary/aromatic N) is 3. The minimum Gasteiger partial charge on any atom is -0.496 e. The van der Waals surface area contributed by atoms with Crippen LogP contribution < -0.4 is 14.9 Å². The minimum absolute atomic E-state index is 0.306. The van der Waals surface area contributed by atoms with E-state index in [0.29, 0.717) is 22.4 Å². The number of carbonyl (C=O) groups is 1. The molecule has 1 amide bonds. The van der Waals surface area contributed by atoms with Crippen LogP contribution in [0.5, 0.6) is 11.5 Å². The van der Waals surface area contributed by atoms with E-state index in [-0.39, 0.29) is 11.7 Å². The Hall–Kier alpha value is -3.82. The van der Waals surface area contributed by atoms with Gasteiger partial charge in [0.2, 0.25) is 0 Å². The Bertz CT molecular complexity index is 1000. The number of methoxy groups -OCH3 is 1. The number of ether oxygens (including phenoxy) is 2. The van der Waals surface area contributed by atoms with E-state index in [1.165, 1.54) is 48.7 Å². The molecule has 2 aromatic carbocycles. The first-order valence-corrected chi connectivity index (χ1v) is 8.22. The third-order valence-corrected chi connectivity index (χ3v) is 3.71. The molecule has 7 nitrogen and oxygen atoms in total. The smallest absolute Gasteiger partial charge is 0.496 e. The Morgan fingerprint density at radius 1 is 1.07 bits per heavy atom. The van der Waals surface area contributed by atoms with E-state index in [1.54, 1.807) is 30.4 Å². The zero-order chi connectivity index (χ0) is 20.9. The molecule has 0 bridgehead atoms. The number of hydrogen-bond donors (Lipinski definition) is 1. The maximum atomic E-state index is 12.3. The van der Waals surface area contributed by atoms with Crippen LogP contribution >= 0.6 is 0 Å². The van der Waals surface area contributed by atoms with Gasteiger partial charge in [-0.3, -0.25) is 10.2 Å². The van der Waals surface area contributed by atoms with Crippen molar-refractivity contribution >= 4 is 18.1 Å².